The number of hydrogen-bond acceptors (Lipinski definition) is 3. The van der Waals surface area contributed by atoms with Crippen molar-refractivity contribution < 1.29 is 9.53 Å². The molecule has 0 radical (unpaired) electrons. The maximum absolute atomic E-state index is 13.0. The summed E-state index contributed by atoms with van der Waals surface area (Å²) in [6, 6.07) is 26.9. The van der Waals surface area contributed by atoms with E-state index in [9.17, 15) is 4.79 Å². The van der Waals surface area contributed by atoms with Crippen molar-refractivity contribution in [3.05, 3.63) is 120 Å². The van der Waals surface area contributed by atoms with Gasteiger partial charge >= 0.3 is 0 Å². The smallest absolute Gasteiger partial charge is 0.252 e. The molecule has 5 heteroatoms. The maximum atomic E-state index is 13.0. The molecule has 4 rings (SSSR count). The molecule has 4 aromatic rings. The maximum Gasteiger partial charge on any atom is 0.252 e. The van der Waals surface area contributed by atoms with Crippen LogP contribution in [0.1, 0.15) is 33.1 Å². The zero-order valence-corrected chi connectivity index (χ0v) is 16.7. The molecule has 0 saturated carbocycles. The minimum absolute atomic E-state index is 0.127. The lowest BCUT2D eigenvalue weighted by Gasteiger charge is -2.20. The van der Waals surface area contributed by atoms with Crippen LogP contribution in [0.3, 0.4) is 0 Å². The zero-order valence-electron chi connectivity index (χ0n) is 16.7. The van der Waals surface area contributed by atoms with Gasteiger partial charge in [-0.15, -0.1) is 0 Å². The molecule has 150 valence electrons. The monoisotopic (exact) mass is 397 g/mol. The van der Waals surface area contributed by atoms with Crippen LogP contribution in [0, 0.1) is 0 Å². The van der Waals surface area contributed by atoms with E-state index in [2.05, 4.69) is 10.4 Å². The predicted octanol–water partition coefficient (Wildman–Crippen LogP) is 4.46. The van der Waals surface area contributed by atoms with Crippen molar-refractivity contribution in [2.24, 2.45) is 0 Å². The number of carbonyl (C=O) groups is 1. The molecule has 0 aliphatic heterocycles. The molecule has 1 atom stereocenters. The summed E-state index contributed by atoms with van der Waals surface area (Å²) in [5.41, 5.74) is 3.67. The Hall–Kier alpha value is -3.86. The van der Waals surface area contributed by atoms with E-state index in [-0.39, 0.29) is 11.9 Å². The number of carbonyl (C=O) groups excluding carboxylic acids is 1. The Morgan fingerprint density at radius 1 is 0.967 bits per heavy atom. The molecule has 1 heterocycles. The SMILES string of the molecule is COc1cccc(C(NC(=O)c2ccc(Cn3cccn3)cc2)c2ccccc2)c1. The van der Waals surface area contributed by atoms with Crippen LogP contribution in [0.25, 0.3) is 0 Å². The zero-order chi connectivity index (χ0) is 20.8. The van der Waals surface area contributed by atoms with Crippen LogP contribution < -0.4 is 10.1 Å². The van der Waals surface area contributed by atoms with Crippen LogP contribution >= 0.6 is 0 Å². The van der Waals surface area contributed by atoms with Gasteiger partial charge in [-0.1, -0.05) is 54.6 Å². The third-order valence-corrected chi connectivity index (χ3v) is 4.96. The molecule has 0 aliphatic rings. The molecule has 0 saturated heterocycles. The molecule has 1 aromatic heterocycles. The summed E-state index contributed by atoms with van der Waals surface area (Å²) >= 11 is 0. The van der Waals surface area contributed by atoms with Crippen molar-refractivity contribution in [2.75, 3.05) is 7.11 Å². The van der Waals surface area contributed by atoms with Crippen LogP contribution in [-0.2, 0) is 6.54 Å². The van der Waals surface area contributed by atoms with Crippen molar-refractivity contribution in [1.82, 2.24) is 15.1 Å². The van der Waals surface area contributed by atoms with Crippen LogP contribution in [0.2, 0.25) is 0 Å². The van der Waals surface area contributed by atoms with Crippen LogP contribution in [0.5, 0.6) is 5.75 Å². The summed E-state index contributed by atoms with van der Waals surface area (Å²) < 4.78 is 7.22. The average molecular weight is 397 g/mol. The predicted molar refractivity (Wildman–Crippen MR) is 117 cm³/mol. The van der Waals surface area contributed by atoms with E-state index in [1.165, 1.54) is 0 Å². The molecule has 0 bridgehead atoms. The Kier molecular flexibility index (Phi) is 5.90. The number of amides is 1. The molecule has 0 fully saturated rings. The van der Waals surface area contributed by atoms with Crippen LogP contribution in [-0.4, -0.2) is 22.8 Å². The summed E-state index contributed by atoms with van der Waals surface area (Å²) in [5.74, 6) is 0.628. The normalized spacial score (nSPS) is 11.6. The van der Waals surface area contributed by atoms with Crippen molar-refractivity contribution in [2.45, 2.75) is 12.6 Å². The van der Waals surface area contributed by atoms with Gasteiger partial charge in [0.25, 0.3) is 5.91 Å². The highest BCUT2D eigenvalue weighted by molar-refractivity contribution is 5.94. The van der Waals surface area contributed by atoms with E-state index in [0.717, 1.165) is 22.4 Å². The molecule has 0 spiro atoms. The molecule has 1 amide bonds. The number of benzene rings is 3. The second-order valence-corrected chi connectivity index (χ2v) is 6.99. The van der Waals surface area contributed by atoms with Crippen molar-refractivity contribution in [1.29, 1.82) is 0 Å². The molecule has 3 aromatic carbocycles. The van der Waals surface area contributed by atoms with Gasteiger partial charge < -0.3 is 10.1 Å². The molecule has 30 heavy (non-hydrogen) atoms. The third-order valence-electron chi connectivity index (χ3n) is 4.96. The van der Waals surface area contributed by atoms with E-state index in [0.29, 0.717) is 12.1 Å². The van der Waals surface area contributed by atoms with Crippen molar-refractivity contribution >= 4 is 5.91 Å². The van der Waals surface area contributed by atoms with Crippen LogP contribution in [0.4, 0.5) is 0 Å². The van der Waals surface area contributed by atoms with Gasteiger partial charge in [-0.2, -0.15) is 5.10 Å². The lowest BCUT2D eigenvalue weighted by Crippen LogP contribution is -2.29. The minimum Gasteiger partial charge on any atom is -0.497 e. The molecule has 5 nitrogen and oxygen atoms in total. The first-order valence-corrected chi connectivity index (χ1v) is 9.79. The highest BCUT2D eigenvalue weighted by Gasteiger charge is 2.18. The van der Waals surface area contributed by atoms with Gasteiger partial charge in [-0.05, 0) is 47.0 Å². The lowest BCUT2D eigenvalue weighted by molar-refractivity contribution is 0.0943. The summed E-state index contributed by atoms with van der Waals surface area (Å²) in [5, 5.41) is 7.39. The summed E-state index contributed by atoms with van der Waals surface area (Å²) in [6.07, 6.45) is 3.67. The molecule has 1 unspecified atom stereocenters. The van der Waals surface area contributed by atoms with Gasteiger partial charge in [-0.25, -0.2) is 0 Å². The number of hydrogen-bond donors (Lipinski definition) is 1. The minimum atomic E-state index is -0.280. The Labute approximate surface area is 175 Å². The summed E-state index contributed by atoms with van der Waals surface area (Å²) in [7, 11) is 1.64. The Bertz CT molecular complexity index is 1090. The standard InChI is InChI=1S/C25H23N3O2/c1-30-23-10-5-9-22(17-23)24(20-7-3-2-4-8-20)27-25(29)21-13-11-19(12-14-21)18-28-16-6-15-26-28/h2-17,24H,18H2,1H3,(H,27,29). The highest BCUT2D eigenvalue weighted by atomic mass is 16.5. The van der Waals surface area contributed by atoms with Gasteiger partial charge in [0, 0.05) is 18.0 Å². The van der Waals surface area contributed by atoms with E-state index in [1.54, 1.807) is 13.3 Å². The second kappa shape index (κ2) is 9.09. The van der Waals surface area contributed by atoms with Gasteiger partial charge in [0.15, 0.2) is 0 Å². The average Bonchev–Trinajstić information content (AvgIpc) is 3.31. The number of rotatable bonds is 7. The second-order valence-electron chi connectivity index (χ2n) is 6.99. The Morgan fingerprint density at radius 2 is 1.73 bits per heavy atom. The summed E-state index contributed by atoms with van der Waals surface area (Å²) in [4.78, 5) is 13.0. The van der Waals surface area contributed by atoms with E-state index < -0.39 is 0 Å². The fourth-order valence-electron chi connectivity index (χ4n) is 3.38. The van der Waals surface area contributed by atoms with Gasteiger partial charge in [-0.3, -0.25) is 9.48 Å². The van der Waals surface area contributed by atoms with Gasteiger partial charge in [0.1, 0.15) is 5.75 Å². The first kappa shape index (κ1) is 19.5. The fraction of sp³-hybridized carbons (Fsp3) is 0.120. The molecular weight excluding hydrogens is 374 g/mol. The first-order valence-electron chi connectivity index (χ1n) is 9.79. The van der Waals surface area contributed by atoms with Gasteiger partial charge in [0.05, 0.1) is 19.7 Å². The molecule has 1 N–H and O–H groups in total. The number of nitrogens with one attached hydrogen (secondary N) is 1. The fourth-order valence-corrected chi connectivity index (χ4v) is 3.38. The number of nitrogens with zero attached hydrogens (tertiary/aromatic N) is 2. The lowest BCUT2D eigenvalue weighted by atomic mass is 9.98. The number of methoxy groups -OCH3 is 1. The van der Waals surface area contributed by atoms with Crippen molar-refractivity contribution in [3.8, 4) is 5.75 Å². The van der Waals surface area contributed by atoms with Crippen molar-refractivity contribution in [3.63, 3.8) is 0 Å². The highest BCUT2D eigenvalue weighted by Crippen LogP contribution is 2.25. The Balaban J connectivity index is 1.55. The van der Waals surface area contributed by atoms with E-state index in [1.807, 2.05) is 95.8 Å². The quantitative estimate of drug-likeness (QED) is 0.501. The van der Waals surface area contributed by atoms with E-state index in [4.69, 9.17) is 4.74 Å². The topological polar surface area (TPSA) is 56.1 Å². The first-order chi connectivity index (χ1) is 14.7. The van der Waals surface area contributed by atoms with E-state index >= 15 is 0 Å². The van der Waals surface area contributed by atoms with Crippen LogP contribution in [0.15, 0.2) is 97.3 Å². The molecule has 0 aliphatic carbocycles. The number of ether oxygens (including phenoxy) is 1. The van der Waals surface area contributed by atoms with Gasteiger partial charge in [0.2, 0.25) is 0 Å². The third kappa shape index (κ3) is 4.58. The molecular formula is C25H23N3O2. The summed E-state index contributed by atoms with van der Waals surface area (Å²) in [6.45, 7) is 0.672. The number of aromatic nitrogens is 2. The Morgan fingerprint density at radius 3 is 2.43 bits per heavy atom. The largest absolute Gasteiger partial charge is 0.497 e.